The van der Waals surface area contributed by atoms with E-state index in [4.69, 9.17) is 0 Å². The van der Waals surface area contributed by atoms with E-state index < -0.39 is 29.9 Å². The Kier molecular flexibility index (Phi) is 10.1. The summed E-state index contributed by atoms with van der Waals surface area (Å²) in [5.41, 5.74) is 8.43. The highest BCUT2D eigenvalue weighted by molar-refractivity contribution is 5.98. The fourth-order valence-corrected chi connectivity index (χ4v) is 5.20. The smallest absolute Gasteiger partial charge is 0.325 e. The van der Waals surface area contributed by atoms with Gasteiger partial charge in [0.1, 0.15) is 12.1 Å². The molecule has 0 aliphatic heterocycles. The zero-order chi connectivity index (χ0) is 34.4. The van der Waals surface area contributed by atoms with Gasteiger partial charge in [-0.15, -0.1) is 0 Å². The number of aryl methyl sites for hydroxylation is 1. The highest BCUT2D eigenvalue weighted by Crippen LogP contribution is 2.26. The average molecular weight is 641 g/mol. The molecule has 2 unspecified atom stereocenters. The van der Waals surface area contributed by atoms with Gasteiger partial charge in [0.25, 0.3) is 5.91 Å². The van der Waals surface area contributed by atoms with Crippen molar-refractivity contribution in [2.45, 2.75) is 58.5 Å². The number of nitrogens with zero attached hydrogens (tertiary/aromatic N) is 2. The number of hydrogen-bond acceptors (Lipinski definition) is 5. The number of carbonyl (C=O) groups is 3. The Bertz CT molecular complexity index is 1880. The lowest BCUT2D eigenvalue weighted by Crippen LogP contribution is -2.51. The van der Waals surface area contributed by atoms with E-state index in [2.05, 4.69) is 96.8 Å². The maximum Gasteiger partial charge on any atom is 0.325 e. The average Bonchev–Trinajstić information content (AvgIpc) is 3.08. The van der Waals surface area contributed by atoms with E-state index in [-0.39, 0.29) is 11.8 Å². The Hall–Kier alpha value is -5.63. The van der Waals surface area contributed by atoms with Crippen LogP contribution in [0.5, 0.6) is 0 Å². The van der Waals surface area contributed by atoms with Crippen molar-refractivity contribution in [3.63, 3.8) is 0 Å². The van der Waals surface area contributed by atoms with Gasteiger partial charge in [-0.2, -0.15) is 0 Å². The van der Waals surface area contributed by atoms with Crippen molar-refractivity contribution in [3.05, 3.63) is 132 Å². The maximum atomic E-state index is 13.2. The topological polar surface area (TPSA) is 121 Å². The number of carboxylic acid groups (broad SMARTS) is 1. The van der Waals surface area contributed by atoms with Gasteiger partial charge in [-0.05, 0) is 59.2 Å². The zero-order valence-corrected chi connectivity index (χ0v) is 27.8. The minimum absolute atomic E-state index is 0.0713. The lowest BCUT2D eigenvalue weighted by Gasteiger charge is -2.21. The SMILES string of the molecule is Cc1ccc(-c2ccc(-c3cnc(-c4ccc(CC(NC(=O)c5ccc(C(C)(C)C)cc5)C(=O)NC(C)C(=O)O)cc4)nc3)cc2)cc1. The minimum Gasteiger partial charge on any atom is -0.480 e. The third-order valence-corrected chi connectivity index (χ3v) is 8.27. The molecule has 1 aromatic heterocycles. The summed E-state index contributed by atoms with van der Waals surface area (Å²) in [5.74, 6) is -1.62. The number of carboxylic acids is 1. The molecule has 0 radical (unpaired) electrons. The molecule has 0 saturated carbocycles. The maximum absolute atomic E-state index is 13.2. The van der Waals surface area contributed by atoms with Crippen molar-refractivity contribution in [1.29, 1.82) is 0 Å². The number of hydrogen-bond donors (Lipinski definition) is 3. The number of nitrogens with one attached hydrogen (secondary N) is 2. The van der Waals surface area contributed by atoms with Crippen LogP contribution >= 0.6 is 0 Å². The van der Waals surface area contributed by atoms with E-state index >= 15 is 0 Å². The molecule has 2 amide bonds. The second-order valence-electron chi connectivity index (χ2n) is 13.1. The highest BCUT2D eigenvalue weighted by atomic mass is 16.4. The number of rotatable bonds is 10. The number of amides is 2. The first-order valence-corrected chi connectivity index (χ1v) is 15.9. The number of benzene rings is 4. The molecule has 5 rings (SSSR count). The summed E-state index contributed by atoms with van der Waals surface area (Å²) in [6.07, 6.45) is 3.75. The van der Waals surface area contributed by atoms with E-state index in [0.29, 0.717) is 11.4 Å². The van der Waals surface area contributed by atoms with Crippen LogP contribution in [-0.4, -0.2) is 44.9 Å². The first kappa shape index (κ1) is 33.7. The lowest BCUT2D eigenvalue weighted by atomic mass is 9.86. The molecular formula is C40H40N4O4. The molecule has 0 saturated heterocycles. The summed E-state index contributed by atoms with van der Waals surface area (Å²) in [6.45, 7) is 9.72. The molecule has 0 bridgehead atoms. The molecule has 0 spiro atoms. The Morgan fingerprint density at radius 3 is 1.71 bits per heavy atom. The third kappa shape index (κ3) is 8.39. The number of aliphatic carboxylic acids is 1. The van der Waals surface area contributed by atoms with Crippen LogP contribution in [0.15, 0.2) is 109 Å². The second kappa shape index (κ2) is 14.4. The summed E-state index contributed by atoms with van der Waals surface area (Å²) in [6, 6.07) is 29.3. The van der Waals surface area contributed by atoms with Gasteiger partial charge in [-0.25, -0.2) is 9.97 Å². The monoisotopic (exact) mass is 640 g/mol. The molecule has 8 heteroatoms. The van der Waals surface area contributed by atoms with Crippen molar-refractivity contribution in [1.82, 2.24) is 20.6 Å². The summed E-state index contributed by atoms with van der Waals surface area (Å²) in [7, 11) is 0. The van der Waals surface area contributed by atoms with Gasteiger partial charge in [0, 0.05) is 35.5 Å². The Morgan fingerprint density at radius 2 is 1.19 bits per heavy atom. The summed E-state index contributed by atoms with van der Waals surface area (Å²) in [4.78, 5) is 46.9. The number of carbonyl (C=O) groups excluding carboxylic acids is 2. The van der Waals surface area contributed by atoms with Crippen molar-refractivity contribution in [3.8, 4) is 33.6 Å². The van der Waals surface area contributed by atoms with Crippen LogP contribution in [0.25, 0.3) is 33.6 Å². The first-order valence-electron chi connectivity index (χ1n) is 15.9. The fraction of sp³-hybridized carbons (Fsp3) is 0.225. The van der Waals surface area contributed by atoms with Crippen molar-refractivity contribution in [2.24, 2.45) is 0 Å². The van der Waals surface area contributed by atoms with Gasteiger partial charge in [0.2, 0.25) is 5.91 Å². The van der Waals surface area contributed by atoms with E-state index in [1.165, 1.54) is 12.5 Å². The standard InChI is InChI=1S/C40H40N4O4/c1-25-6-10-28(11-7-25)29-14-16-30(17-15-29)33-23-41-36(42-24-33)31-12-8-27(9-13-31)22-35(38(46)43-26(2)39(47)48)44-37(45)32-18-20-34(21-19-32)40(3,4)5/h6-21,23-24,26,35H,22H2,1-5H3,(H,43,46)(H,44,45)(H,47,48). The van der Waals surface area contributed by atoms with Gasteiger partial charge in [-0.3, -0.25) is 14.4 Å². The third-order valence-electron chi connectivity index (χ3n) is 8.27. The molecule has 48 heavy (non-hydrogen) atoms. The molecule has 0 aliphatic rings. The van der Waals surface area contributed by atoms with E-state index in [0.717, 1.165) is 38.9 Å². The van der Waals surface area contributed by atoms with Crippen molar-refractivity contribution < 1.29 is 19.5 Å². The molecule has 244 valence electrons. The lowest BCUT2D eigenvalue weighted by molar-refractivity contribution is -0.141. The van der Waals surface area contributed by atoms with Crippen LogP contribution in [0.4, 0.5) is 0 Å². The first-order chi connectivity index (χ1) is 22.9. The molecule has 5 aromatic rings. The van der Waals surface area contributed by atoms with E-state index in [9.17, 15) is 19.5 Å². The van der Waals surface area contributed by atoms with Crippen molar-refractivity contribution >= 4 is 17.8 Å². The van der Waals surface area contributed by atoms with Crippen molar-refractivity contribution in [2.75, 3.05) is 0 Å². The van der Waals surface area contributed by atoms with Gasteiger partial charge in [-0.1, -0.05) is 111 Å². The fourth-order valence-electron chi connectivity index (χ4n) is 5.20. The largest absolute Gasteiger partial charge is 0.480 e. The Balaban J connectivity index is 1.28. The van der Waals surface area contributed by atoms with Gasteiger partial charge in [0.05, 0.1) is 0 Å². The molecule has 3 N–H and O–H groups in total. The molecule has 8 nitrogen and oxygen atoms in total. The Morgan fingerprint density at radius 1 is 0.688 bits per heavy atom. The van der Waals surface area contributed by atoms with E-state index in [1.807, 2.05) is 36.4 Å². The normalized spacial score (nSPS) is 12.5. The van der Waals surface area contributed by atoms with Gasteiger partial charge < -0.3 is 15.7 Å². The quantitative estimate of drug-likeness (QED) is 0.151. The van der Waals surface area contributed by atoms with Crippen LogP contribution in [0, 0.1) is 6.92 Å². The number of aromatic nitrogens is 2. The molecule has 1 heterocycles. The molecule has 2 atom stereocenters. The predicted octanol–water partition coefficient (Wildman–Crippen LogP) is 7.01. The van der Waals surface area contributed by atoms with Crippen LogP contribution < -0.4 is 10.6 Å². The minimum atomic E-state index is -1.17. The highest BCUT2D eigenvalue weighted by Gasteiger charge is 2.25. The zero-order valence-electron chi connectivity index (χ0n) is 27.8. The summed E-state index contributed by atoms with van der Waals surface area (Å²) < 4.78 is 0. The van der Waals surface area contributed by atoms with Crippen LogP contribution in [0.3, 0.4) is 0 Å². The Labute approximate surface area is 281 Å². The molecule has 4 aromatic carbocycles. The molecule has 0 fully saturated rings. The van der Waals surface area contributed by atoms with Gasteiger partial charge >= 0.3 is 5.97 Å². The van der Waals surface area contributed by atoms with Crippen LogP contribution in [0.2, 0.25) is 0 Å². The second-order valence-corrected chi connectivity index (χ2v) is 13.1. The summed E-state index contributed by atoms with van der Waals surface area (Å²) >= 11 is 0. The van der Waals surface area contributed by atoms with Crippen LogP contribution in [0.1, 0.15) is 54.7 Å². The molecule has 0 aliphatic carbocycles. The van der Waals surface area contributed by atoms with Gasteiger partial charge in [0.15, 0.2) is 5.82 Å². The predicted molar refractivity (Wildman–Crippen MR) is 188 cm³/mol. The molecular weight excluding hydrogens is 600 g/mol. The summed E-state index contributed by atoms with van der Waals surface area (Å²) in [5, 5.41) is 14.6. The van der Waals surface area contributed by atoms with E-state index in [1.54, 1.807) is 24.5 Å². The van der Waals surface area contributed by atoms with Crippen LogP contribution in [-0.2, 0) is 21.4 Å².